The molecule has 1 aliphatic rings. The van der Waals surface area contributed by atoms with E-state index in [1.165, 1.54) is 18.2 Å². The molecular formula is C12H14ClN3O3. The highest BCUT2D eigenvalue weighted by atomic mass is 35.5. The van der Waals surface area contributed by atoms with Crippen LogP contribution in [0.4, 0.5) is 11.4 Å². The molecular weight excluding hydrogens is 270 g/mol. The first-order valence-corrected chi connectivity index (χ1v) is 6.44. The third-order valence-electron chi connectivity index (χ3n) is 3.04. The minimum absolute atomic E-state index is 0.134. The predicted molar refractivity (Wildman–Crippen MR) is 72.4 cm³/mol. The second kappa shape index (κ2) is 5.99. The molecule has 0 aliphatic carbocycles. The maximum Gasteiger partial charge on any atom is 0.292 e. The number of carbonyl (C=O) groups excluding carboxylic acids is 1. The number of amides is 1. The number of hydrogen-bond donors (Lipinski definition) is 2. The molecule has 1 unspecified atom stereocenters. The number of hydrogen-bond acceptors (Lipinski definition) is 4. The molecule has 0 saturated carbocycles. The number of piperidine rings is 1. The Morgan fingerprint density at radius 1 is 1.47 bits per heavy atom. The molecule has 1 aliphatic heterocycles. The normalized spacial score (nSPS) is 18.9. The predicted octanol–water partition coefficient (Wildman–Crippen LogP) is 2.33. The molecule has 2 N–H and O–H groups in total. The lowest BCUT2D eigenvalue weighted by Crippen LogP contribution is -2.43. The first-order valence-electron chi connectivity index (χ1n) is 6.06. The summed E-state index contributed by atoms with van der Waals surface area (Å²) in [7, 11) is 0. The number of nitro benzene ring substituents is 1. The molecule has 6 nitrogen and oxygen atoms in total. The lowest BCUT2D eigenvalue weighted by atomic mass is 10.0. The van der Waals surface area contributed by atoms with Gasteiger partial charge in [-0.3, -0.25) is 14.9 Å². The summed E-state index contributed by atoms with van der Waals surface area (Å²) in [5, 5.41) is 16.9. The van der Waals surface area contributed by atoms with Crippen LogP contribution < -0.4 is 10.6 Å². The van der Waals surface area contributed by atoms with Gasteiger partial charge in [-0.1, -0.05) is 18.0 Å². The van der Waals surface area contributed by atoms with Crippen LogP contribution in [-0.2, 0) is 4.79 Å². The SMILES string of the molecule is O=C(Nc1cc(Cl)ccc1[N+](=O)[O-])C1CCCCN1. The van der Waals surface area contributed by atoms with Gasteiger partial charge < -0.3 is 10.6 Å². The quantitative estimate of drug-likeness (QED) is 0.659. The fraction of sp³-hybridized carbons (Fsp3) is 0.417. The van der Waals surface area contributed by atoms with Crippen LogP contribution >= 0.6 is 11.6 Å². The molecule has 1 fully saturated rings. The first-order chi connectivity index (χ1) is 9.08. The Morgan fingerprint density at radius 2 is 2.26 bits per heavy atom. The largest absolute Gasteiger partial charge is 0.319 e. The maximum atomic E-state index is 12.0. The van der Waals surface area contributed by atoms with E-state index < -0.39 is 4.92 Å². The van der Waals surface area contributed by atoms with Crippen LogP contribution in [0.1, 0.15) is 19.3 Å². The van der Waals surface area contributed by atoms with Crippen LogP contribution in [0, 0.1) is 10.1 Å². The van der Waals surface area contributed by atoms with Crippen LogP contribution in [0.5, 0.6) is 0 Å². The van der Waals surface area contributed by atoms with Crippen LogP contribution in [0.25, 0.3) is 0 Å². The number of benzene rings is 1. The summed E-state index contributed by atoms with van der Waals surface area (Å²) in [6, 6.07) is 3.80. The van der Waals surface area contributed by atoms with E-state index in [0.717, 1.165) is 25.8 Å². The minimum Gasteiger partial charge on any atom is -0.319 e. The van der Waals surface area contributed by atoms with Crippen molar-refractivity contribution in [1.29, 1.82) is 0 Å². The number of nitrogens with zero attached hydrogens (tertiary/aromatic N) is 1. The van der Waals surface area contributed by atoms with Gasteiger partial charge in [0.15, 0.2) is 0 Å². The van der Waals surface area contributed by atoms with Crippen LogP contribution in [-0.4, -0.2) is 23.4 Å². The highest BCUT2D eigenvalue weighted by Gasteiger charge is 2.23. The number of anilines is 1. The van der Waals surface area contributed by atoms with E-state index in [1.54, 1.807) is 0 Å². The van der Waals surface area contributed by atoms with Gasteiger partial charge in [-0.2, -0.15) is 0 Å². The van der Waals surface area contributed by atoms with Gasteiger partial charge in [0.2, 0.25) is 5.91 Å². The van der Waals surface area contributed by atoms with Gasteiger partial charge in [0, 0.05) is 11.1 Å². The van der Waals surface area contributed by atoms with Gasteiger partial charge in [0.1, 0.15) is 5.69 Å². The van der Waals surface area contributed by atoms with Crippen molar-refractivity contribution in [1.82, 2.24) is 5.32 Å². The van der Waals surface area contributed by atoms with Gasteiger partial charge in [-0.25, -0.2) is 0 Å². The van der Waals surface area contributed by atoms with E-state index in [9.17, 15) is 14.9 Å². The van der Waals surface area contributed by atoms with Crippen LogP contribution in [0.2, 0.25) is 5.02 Å². The number of halogens is 1. The van der Waals surface area contributed by atoms with Crippen molar-refractivity contribution in [3.8, 4) is 0 Å². The summed E-state index contributed by atoms with van der Waals surface area (Å²) in [4.78, 5) is 22.4. The molecule has 1 atom stereocenters. The highest BCUT2D eigenvalue weighted by Crippen LogP contribution is 2.28. The molecule has 0 spiro atoms. The second-order valence-corrected chi connectivity index (χ2v) is 4.85. The van der Waals surface area contributed by atoms with Gasteiger partial charge in [0.25, 0.3) is 5.69 Å². The molecule has 1 amide bonds. The minimum atomic E-state index is -0.541. The highest BCUT2D eigenvalue weighted by molar-refractivity contribution is 6.31. The van der Waals surface area contributed by atoms with E-state index in [4.69, 9.17) is 11.6 Å². The zero-order chi connectivity index (χ0) is 13.8. The fourth-order valence-electron chi connectivity index (χ4n) is 2.06. The average molecular weight is 284 g/mol. The van der Waals surface area contributed by atoms with Crippen molar-refractivity contribution in [2.75, 3.05) is 11.9 Å². The third kappa shape index (κ3) is 3.42. The topological polar surface area (TPSA) is 84.3 Å². The molecule has 1 aromatic carbocycles. The molecule has 0 aromatic heterocycles. The summed E-state index contributed by atoms with van der Waals surface area (Å²) < 4.78 is 0. The lowest BCUT2D eigenvalue weighted by Gasteiger charge is -2.22. The molecule has 1 heterocycles. The maximum absolute atomic E-state index is 12.0. The van der Waals surface area contributed by atoms with Gasteiger partial charge in [0.05, 0.1) is 11.0 Å². The van der Waals surface area contributed by atoms with Crippen LogP contribution in [0.15, 0.2) is 18.2 Å². The van der Waals surface area contributed by atoms with Gasteiger partial charge in [-0.05, 0) is 31.5 Å². The van der Waals surface area contributed by atoms with Crippen molar-refractivity contribution in [2.45, 2.75) is 25.3 Å². The zero-order valence-corrected chi connectivity index (χ0v) is 10.9. The lowest BCUT2D eigenvalue weighted by molar-refractivity contribution is -0.383. The fourth-order valence-corrected chi connectivity index (χ4v) is 2.24. The molecule has 1 saturated heterocycles. The van der Waals surface area contributed by atoms with Crippen molar-refractivity contribution >= 4 is 28.9 Å². The molecule has 7 heteroatoms. The van der Waals surface area contributed by atoms with Gasteiger partial charge >= 0.3 is 0 Å². The van der Waals surface area contributed by atoms with Crippen molar-refractivity contribution in [2.24, 2.45) is 0 Å². The molecule has 19 heavy (non-hydrogen) atoms. The summed E-state index contributed by atoms with van der Waals surface area (Å²) in [5.74, 6) is -0.259. The number of carbonyl (C=O) groups is 1. The Hall–Kier alpha value is -1.66. The average Bonchev–Trinajstić information content (AvgIpc) is 2.39. The van der Waals surface area contributed by atoms with Gasteiger partial charge in [-0.15, -0.1) is 0 Å². The van der Waals surface area contributed by atoms with Crippen molar-refractivity contribution < 1.29 is 9.72 Å². The first kappa shape index (κ1) is 13.8. The Bertz CT molecular complexity index is 501. The number of nitrogens with one attached hydrogen (secondary N) is 2. The summed E-state index contributed by atoms with van der Waals surface area (Å²) >= 11 is 5.80. The zero-order valence-electron chi connectivity index (χ0n) is 10.2. The van der Waals surface area contributed by atoms with E-state index in [0.29, 0.717) is 5.02 Å². The van der Waals surface area contributed by atoms with E-state index in [1.807, 2.05) is 0 Å². The molecule has 2 rings (SSSR count). The van der Waals surface area contributed by atoms with Crippen molar-refractivity contribution in [3.63, 3.8) is 0 Å². The summed E-state index contributed by atoms with van der Waals surface area (Å²) in [6.45, 7) is 0.787. The molecule has 102 valence electrons. The number of nitro groups is 1. The smallest absolute Gasteiger partial charge is 0.292 e. The number of rotatable bonds is 3. The Kier molecular flexibility index (Phi) is 4.34. The second-order valence-electron chi connectivity index (χ2n) is 4.41. The van der Waals surface area contributed by atoms with E-state index >= 15 is 0 Å². The Labute approximate surface area is 115 Å². The van der Waals surface area contributed by atoms with Crippen molar-refractivity contribution in [3.05, 3.63) is 33.3 Å². The molecule has 0 bridgehead atoms. The summed E-state index contributed by atoms with van der Waals surface area (Å²) in [6.07, 6.45) is 2.75. The van der Waals surface area contributed by atoms with E-state index in [-0.39, 0.29) is 23.3 Å². The summed E-state index contributed by atoms with van der Waals surface area (Å²) in [5.41, 5.74) is -0.0246. The third-order valence-corrected chi connectivity index (χ3v) is 3.28. The van der Waals surface area contributed by atoms with E-state index in [2.05, 4.69) is 10.6 Å². The Morgan fingerprint density at radius 3 is 2.89 bits per heavy atom. The van der Waals surface area contributed by atoms with Crippen LogP contribution in [0.3, 0.4) is 0 Å². The monoisotopic (exact) mass is 283 g/mol. The standard InChI is InChI=1S/C12H14ClN3O3/c13-8-4-5-11(16(18)19)10(7-8)15-12(17)9-3-1-2-6-14-9/h4-5,7,9,14H,1-3,6H2,(H,15,17). The molecule has 1 aromatic rings. The Balaban J connectivity index is 2.15. The molecule has 0 radical (unpaired) electrons.